The molecule has 1 N–H and O–H groups in total. The first-order valence-electron chi connectivity index (χ1n) is 7.49. The molecule has 2 unspecified atom stereocenters. The van der Waals surface area contributed by atoms with Crippen molar-refractivity contribution in [2.24, 2.45) is 5.92 Å². The van der Waals surface area contributed by atoms with Crippen LogP contribution in [-0.4, -0.2) is 26.5 Å². The summed E-state index contributed by atoms with van der Waals surface area (Å²) in [5.74, 6) is 0.886. The van der Waals surface area contributed by atoms with E-state index >= 15 is 0 Å². The topological polar surface area (TPSA) is 46.2 Å². The molecule has 0 amide bonds. The van der Waals surface area contributed by atoms with Crippen molar-refractivity contribution >= 4 is 9.84 Å². The zero-order chi connectivity index (χ0) is 15.0. The van der Waals surface area contributed by atoms with Crippen molar-refractivity contribution in [3.63, 3.8) is 0 Å². The molecule has 0 bridgehead atoms. The lowest BCUT2D eigenvalue weighted by Gasteiger charge is -2.25. The van der Waals surface area contributed by atoms with E-state index < -0.39 is 9.84 Å². The van der Waals surface area contributed by atoms with Gasteiger partial charge in [0.2, 0.25) is 0 Å². The number of rotatable bonds is 9. The number of sulfone groups is 1. The van der Waals surface area contributed by atoms with Crippen molar-refractivity contribution in [3.8, 4) is 0 Å². The fourth-order valence-corrected chi connectivity index (χ4v) is 4.03. The van der Waals surface area contributed by atoms with Gasteiger partial charge in [0.25, 0.3) is 0 Å². The van der Waals surface area contributed by atoms with Crippen molar-refractivity contribution in [2.75, 3.05) is 18.1 Å². The van der Waals surface area contributed by atoms with Crippen LogP contribution >= 0.6 is 0 Å². The third-order valence-electron chi connectivity index (χ3n) is 3.55. The van der Waals surface area contributed by atoms with Crippen LogP contribution < -0.4 is 5.32 Å². The predicted molar refractivity (Wildman–Crippen MR) is 85.6 cm³/mol. The van der Waals surface area contributed by atoms with Crippen LogP contribution in [0.2, 0.25) is 0 Å². The zero-order valence-corrected chi connectivity index (χ0v) is 13.6. The van der Waals surface area contributed by atoms with Gasteiger partial charge >= 0.3 is 0 Å². The molecule has 1 rings (SSSR count). The molecular weight excluding hydrogens is 270 g/mol. The molecule has 2 atom stereocenters. The average Bonchev–Trinajstić information content (AvgIpc) is 2.43. The summed E-state index contributed by atoms with van der Waals surface area (Å²) < 4.78 is 23.7. The summed E-state index contributed by atoms with van der Waals surface area (Å²) in [4.78, 5) is 0. The van der Waals surface area contributed by atoms with Crippen LogP contribution in [0.4, 0.5) is 0 Å². The van der Waals surface area contributed by atoms with E-state index in [0.29, 0.717) is 24.5 Å². The summed E-state index contributed by atoms with van der Waals surface area (Å²) in [6.07, 6.45) is 1.40. The van der Waals surface area contributed by atoms with Crippen LogP contribution in [0.25, 0.3) is 0 Å². The molecule has 0 fully saturated rings. The Hall–Kier alpha value is -0.870. The first-order chi connectivity index (χ1) is 9.50. The maximum absolute atomic E-state index is 11.8. The van der Waals surface area contributed by atoms with Crippen molar-refractivity contribution in [3.05, 3.63) is 35.9 Å². The van der Waals surface area contributed by atoms with Gasteiger partial charge in [0.15, 0.2) is 0 Å². The van der Waals surface area contributed by atoms with E-state index in [9.17, 15) is 8.42 Å². The number of hydrogen-bond donors (Lipinski definition) is 1. The highest BCUT2D eigenvalue weighted by Gasteiger charge is 2.20. The summed E-state index contributed by atoms with van der Waals surface area (Å²) in [5.41, 5.74) is 1.23. The van der Waals surface area contributed by atoms with E-state index in [2.05, 4.69) is 31.3 Å². The van der Waals surface area contributed by atoms with Crippen molar-refractivity contribution < 1.29 is 8.42 Å². The van der Waals surface area contributed by atoms with Gasteiger partial charge in [0.1, 0.15) is 9.84 Å². The number of hydrogen-bond acceptors (Lipinski definition) is 3. The van der Waals surface area contributed by atoms with Gasteiger partial charge in [-0.2, -0.15) is 0 Å². The average molecular weight is 297 g/mol. The number of nitrogens with one attached hydrogen (secondary N) is 1. The van der Waals surface area contributed by atoms with Crippen LogP contribution in [-0.2, 0) is 9.84 Å². The summed E-state index contributed by atoms with van der Waals surface area (Å²) in [6.45, 7) is 7.00. The molecule has 0 aliphatic heterocycles. The van der Waals surface area contributed by atoms with Crippen molar-refractivity contribution in [1.82, 2.24) is 5.32 Å². The molecule has 0 aromatic heterocycles. The Balaban J connectivity index is 2.68. The quantitative estimate of drug-likeness (QED) is 0.761. The smallest absolute Gasteiger partial charge is 0.150 e. The summed E-state index contributed by atoms with van der Waals surface area (Å²) in [6, 6.07) is 10.5. The standard InChI is InChI=1S/C16H27NO2S/c1-4-12-20(18,19)13-11-14(3)16(17-5-2)15-9-7-6-8-10-15/h6-10,14,16-17H,4-5,11-13H2,1-3H3. The SMILES string of the molecule is CCCS(=O)(=O)CCC(C)C(NCC)c1ccccc1. The third-order valence-corrected chi connectivity index (χ3v) is 5.44. The van der Waals surface area contributed by atoms with Gasteiger partial charge in [0, 0.05) is 11.8 Å². The molecule has 0 radical (unpaired) electrons. The van der Waals surface area contributed by atoms with Gasteiger partial charge in [0.05, 0.1) is 5.75 Å². The Kier molecular flexibility index (Phi) is 7.24. The predicted octanol–water partition coefficient (Wildman–Crippen LogP) is 3.19. The molecule has 0 aliphatic rings. The molecular formula is C16H27NO2S. The maximum Gasteiger partial charge on any atom is 0.150 e. The minimum atomic E-state index is -2.89. The molecule has 114 valence electrons. The zero-order valence-electron chi connectivity index (χ0n) is 12.8. The molecule has 3 nitrogen and oxygen atoms in total. The Morgan fingerprint density at radius 3 is 2.30 bits per heavy atom. The molecule has 4 heteroatoms. The van der Waals surface area contributed by atoms with E-state index in [-0.39, 0.29) is 11.8 Å². The summed E-state index contributed by atoms with van der Waals surface area (Å²) >= 11 is 0. The highest BCUT2D eigenvalue weighted by atomic mass is 32.2. The number of benzene rings is 1. The Morgan fingerprint density at radius 2 is 1.75 bits per heavy atom. The van der Waals surface area contributed by atoms with Crippen LogP contribution in [0, 0.1) is 5.92 Å². The fraction of sp³-hybridized carbons (Fsp3) is 0.625. The van der Waals surface area contributed by atoms with Crippen LogP contribution in [0.3, 0.4) is 0 Å². The lowest BCUT2D eigenvalue weighted by atomic mass is 9.92. The first kappa shape index (κ1) is 17.2. The van der Waals surface area contributed by atoms with Gasteiger partial charge in [-0.05, 0) is 30.9 Å². The maximum atomic E-state index is 11.8. The minimum absolute atomic E-state index is 0.220. The minimum Gasteiger partial charge on any atom is -0.310 e. The van der Waals surface area contributed by atoms with Gasteiger partial charge in [-0.15, -0.1) is 0 Å². The van der Waals surface area contributed by atoms with Gasteiger partial charge in [-0.3, -0.25) is 0 Å². The molecule has 1 aromatic carbocycles. The van der Waals surface area contributed by atoms with E-state index in [0.717, 1.165) is 6.54 Å². The normalized spacial score (nSPS) is 14.9. The fourth-order valence-electron chi connectivity index (χ4n) is 2.47. The van der Waals surface area contributed by atoms with E-state index in [1.54, 1.807) is 0 Å². The van der Waals surface area contributed by atoms with Crippen LogP contribution in [0.5, 0.6) is 0 Å². The molecule has 0 saturated carbocycles. The van der Waals surface area contributed by atoms with Crippen molar-refractivity contribution in [1.29, 1.82) is 0 Å². The lowest BCUT2D eigenvalue weighted by molar-refractivity contribution is 0.384. The van der Waals surface area contributed by atoms with E-state index in [1.165, 1.54) is 5.56 Å². The van der Waals surface area contributed by atoms with Gasteiger partial charge < -0.3 is 5.32 Å². The molecule has 0 heterocycles. The second-order valence-corrected chi connectivity index (χ2v) is 7.67. The van der Waals surface area contributed by atoms with Gasteiger partial charge in [-0.25, -0.2) is 8.42 Å². The van der Waals surface area contributed by atoms with E-state index in [4.69, 9.17) is 0 Å². The van der Waals surface area contributed by atoms with E-state index in [1.807, 2.05) is 25.1 Å². The highest BCUT2D eigenvalue weighted by molar-refractivity contribution is 7.91. The summed E-state index contributed by atoms with van der Waals surface area (Å²) in [7, 11) is -2.89. The van der Waals surface area contributed by atoms with Crippen LogP contribution in [0.1, 0.15) is 45.2 Å². The Labute approximate surface area is 123 Å². The first-order valence-corrected chi connectivity index (χ1v) is 9.31. The van der Waals surface area contributed by atoms with Crippen molar-refractivity contribution in [2.45, 2.75) is 39.7 Å². The Morgan fingerprint density at radius 1 is 1.10 bits per heavy atom. The summed E-state index contributed by atoms with van der Waals surface area (Å²) in [5, 5.41) is 3.47. The second kappa shape index (κ2) is 8.42. The van der Waals surface area contributed by atoms with Gasteiger partial charge in [-0.1, -0.05) is 51.1 Å². The molecule has 20 heavy (non-hydrogen) atoms. The van der Waals surface area contributed by atoms with Crippen LogP contribution in [0.15, 0.2) is 30.3 Å². The highest BCUT2D eigenvalue weighted by Crippen LogP contribution is 2.24. The second-order valence-electron chi connectivity index (χ2n) is 5.36. The Bertz CT molecular complexity index is 471. The molecule has 1 aromatic rings. The lowest BCUT2D eigenvalue weighted by Crippen LogP contribution is -2.28. The molecule has 0 saturated heterocycles. The third kappa shape index (κ3) is 5.63. The largest absolute Gasteiger partial charge is 0.310 e. The molecule has 0 spiro atoms. The monoisotopic (exact) mass is 297 g/mol. The molecule has 0 aliphatic carbocycles.